The highest BCUT2D eigenvalue weighted by Gasteiger charge is 2.00. The van der Waals surface area contributed by atoms with Crippen molar-refractivity contribution in [3.8, 4) is 0 Å². The number of rotatable bonds is 6. The molecule has 2 rings (SSSR count). The molecule has 0 saturated heterocycles. The molecule has 0 aliphatic carbocycles. The quantitative estimate of drug-likeness (QED) is 0.529. The van der Waals surface area contributed by atoms with E-state index in [0.717, 1.165) is 41.9 Å². The Labute approximate surface area is 164 Å². The van der Waals surface area contributed by atoms with Gasteiger partial charge in [0, 0.05) is 15.6 Å². The first-order valence-corrected chi connectivity index (χ1v) is 9.37. The van der Waals surface area contributed by atoms with E-state index in [2.05, 4.69) is 22.9 Å². The van der Waals surface area contributed by atoms with Crippen LogP contribution in [-0.4, -0.2) is 29.7 Å². The van der Waals surface area contributed by atoms with E-state index in [4.69, 9.17) is 10.0 Å². The van der Waals surface area contributed by atoms with Crippen molar-refractivity contribution < 1.29 is 19.6 Å². The van der Waals surface area contributed by atoms with Crippen LogP contribution in [0.4, 0.5) is 0 Å². The molecule has 6 heteroatoms. The van der Waals surface area contributed by atoms with Gasteiger partial charge in [-0.1, -0.05) is 79.0 Å². The number of hydrogen-bond acceptors (Lipinski definition) is 4. The molecule has 2 aromatic rings. The van der Waals surface area contributed by atoms with Crippen LogP contribution in [0.25, 0.3) is 0 Å². The average molecular weight is 421 g/mol. The van der Waals surface area contributed by atoms with Gasteiger partial charge >= 0.3 is 7.12 Å². The van der Waals surface area contributed by atoms with E-state index in [1.54, 1.807) is 12.1 Å². The lowest BCUT2D eigenvalue weighted by Gasteiger charge is -1.96. The first-order chi connectivity index (χ1) is 12.5. The first kappa shape index (κ1) is 24.2. The predicted molar refractivity (Wildman–Crippen MR) is 111 cm³/mol. The molecule has 0 atom stereocenters. The van der Waals surface area contributed by atoms with Crippen molar-refractivity contribution in [2.75, 3.05) is 0 Å². The number of aryl methyl sites for hydroxylation is 1. The van der Waals surface area contributed by atoms with Gasteiger partial charge in [0.15, 0.2) is 0 Å². The van der Waals surface area contributed by atoms with E-state index in [1.165, 1.54) is 5.56 Å². The SMILES string of the molecule is CCCB(O)O.CCCc1ccc(C=O)cc1.O=Cc1ccc(Br)cc1. The Morgan fingerprint density at radius 2 is 1.31 bits per heavy atom. The van der Waals surface area contributed by atoms with Gasteiger partial charge in [0.1, 0.15) is 12.6 Å². The maximum Gasteiger partial charge on any atom is 0.451 e. The Morgan fingerprint density at radius 1 is 0.846 bits per heavy atom. The lowest BCUT2D eigenvalue weighted by atomic mass is 9.85. The highest BCUT2D eigenvalue weighted by Crippen LogP contribution is 2.08. The Bertz CT molecular complexity index is 613. The maximum atomic E-state index is 10.3. The largest absolute Gasteiger partial charge is 0.451 e. The van der Waals surface area contributed by atoms with Gasteiger partial charge in [0.2, 0.25) is 0 Å². The van der Waals surface area contributed by atoms with Gasteiger partial charge in [0.05, 0.1) is 0 Å². The zero-order valence-corrected chi connectivity index (χ0v) is 16.9. The van der Waals surface area contributed by atoms with Gasteiger partial charge < -0.3 is 10.0 Å². The summed E-state index contributed by atoms with van der Waals surface area (Å²) in [6.07, 6.45) is 5.26. The van der Waals surface area contributed by atoms with Crippen molar-refractivity contribution in [3.63, 3.8) is 0 Å². The molecule has 140 valence electrons. The van der Waals surface area contributed by atoms with Crippen LogP contribution in [0.1, 0.15) is 53.0 Å². The lowest BCUT2D eigenvalue weighted by molar-refractivity contribution is 0.111. The van der Waals surface area contributed by atoms with Crippen molar-refractivity contribution >= 4 is 35.6 Å². The minimum atomic E-state index is -1.10. The minimum Gasteiger partial charge on any atom is -0.427 e. The summed E-state index contributed by atoms with van der Waals surface area (Å²) in [6.45, 7) is 4.05. The molecule has 0 spiro atoms. The Hall–Kier alpha value is -1.76. The molecule has 2 aromatic carbocycles. The second-order valence-electron chi connectivity index (χ2n) is 5.55. The number of carbonyl (C=O) groups is 2. The van der Waals surface area contributed by atoms with Crippen molar-refractivity contribution in [2.24, 2.45) is 0 Å². The number of benzene rings is 2. The van der Waals surface area contributed by atoms with Crippen molar-refractivity contribution in [3.05, 3.63) is 69.7 Å². The summed E-state index contributed by atoms with van der Waals surface area (Å²) in [4.78, 5) is 20.4. The van der Waals surface area contributed by atoms with Crippen LogP contribution < -0.4 is 0 Å². The number of halogens is 1. The van der Waals surface area contributed by atoms with Crippen LogP contribution >= 0.6 is 15.9 Å². The van der Waals surface area contributed by atoms with E-state index < -0.39 is 7.12 Å². The van der Waals surface area contributed by atoms with Gasteiger partial charge in [0.25, 0.3) is 0 Å². The molecule has 0 unspecified atom stereocenters. The zero-order valence-electron chi connectivity index (χ0n) is 15.3. The summed E-state index contributed by atoms with van der Waals surface area (Å²) in [5.74, 6) is 0. The summed E-state index contributed by atoms with van der Waals surface area (Å²) in [7, 11) is -1.10. The standard InChI is InChI=1S/C10H12O.C7H5BrO.C3H9BO2/c1-2-3-9-4-6-10(8-11)7-5-9;8-7-3-1-6(5-9)2-4-7;1-2-3-4(5)6/h4-8H,2-3H2,1H3;1-5H;5-6H,2-3H2,1H3. The number of carbonyl (C=O) groups excluding carboxylic acids is 2. The highest BCUT2D eigenvalue weighted by molar-refractivity contribution is 9.10. The fraction of sp³-hybridized carbons (Fsp3) is 0.300. The molecular weight excluding hydrogens is 395 g/mol. The number of aldehydes is 2. The third-order valence-electron chi connectivity index (χ3n) is 3.21. The minimum absolute atomic E-state index is 0.486. The van der Waals surface area contributed by atoms with Crippen molar-refractivity contribution in [1.82, 2.24) is 0 Å². The summed E-state index contributed by atoms with van der Waals surface area (Å²) < 4.78 is 0.994. The predicted octanol–water partition coefficient (Wildman–Crippen LogP) is 4.58. The van der Waals surface area contributed by atoms with Crippen LogP contribution in [-0.2, 0) is 6.42 Å². The third-order valence-corrected chi connectivity index (χ3v) is 3.74. The van der Waals surface area contributed by atoms with Crippen LogP contribution in [0, 0.1) is 0 Å². The van der Waals surface area contributed by atoms with Crippen molar-refractivity contribution in [2.45, 2.75) is 39.4 Å². The molecule has 0 aliphatic rings. The van der Waals surface area contributed by atoms with Crippen LogP contribution in [0.2, 0.25) is 6.32 Å². The molecule has 0 bridgehead atoms. The first-order valence-electron chi connectivity index (χ1n) is 8.57. The molecule has 0 amide bonds. The Kier molecular flexibility index (Phi) is 14.4. The summed E-state index contributed by atoms with van der Waals surface area (Å²) in [5.41, 5.74) is 2.76. The monoisotopic (exact) mass is 420 g/mol. The second-order valence-corrected chi connectivity index (χ2v) is 6.46. The summed E-state index contributed by atoms with van der Waals surface area (Å²) in [5, 5.41) is 16.2. The zero-order chi connectivity index (χ0) is 19.8. The van der Waals surface area contributed by atoms with Crippen LogP contribution in [0.15, 0.2) is 53.0 Å². The van der Waals surface area contributed by atoms with Gasteiger partial charge in [-0.05, 0) is 30.4 Å². The molecule has 0 aromatic heterocycles. The van der Waals surface area contributed by atoms with E-state index in [-0.39, 0.29) is 0 Å². The van der Waals surface area contributed by atoms with Crippen LogP contribution in [0.5, 0.6) is 0 Å². The van der Waals surface area contributed by atoms with Crippen LogP contribution in [0.3, 0.4) is 0 Å². The fourth-order valence-corrected chi connectivity index (χ4v) is 2.12. The topological polar surface area (TPSA) is 74.6 Å². The molecule has 0 heterocycles. The highest BCUT2D eigenvalue weighted by atomic mass is 79.9. The average Bonchev–Trinajstić information content (AvgIpc) is 2.64. The summed E-state index contributed by atoms with van der Waals surface area (Å²) >= 11 is 3.26. The molecule has 0 radical (unpaired) electrons. The molecule has 26 heavy (non-hydrogen) atoms. The smallest absolute Gasteiger partial charge is 0.427 e. The van der Waals surface area contributed by atoms with E-state index in [9.17, 15) is 9.59 Å². The van der Waals surface area contributed by atoms with Crippen molar-refractivity contribution in [1.29, 1.82) is 0 Å². The van der Waals surface area contributed by atoms with Gasteiger partial charge in [-0.2, -0.15) is 0 Å². The summed E-state index contributed by atoms with van der Waals surface area (Å²) in [6, 6.07) is 14.9. The maximum absolute atomic E-state index is 10.3. The van der Waals surface area contributed by atoms with E-state index >= 15 is 0 Å². The van der Waals surface area contributed by atoms with E-state index in [0.29, 0.717) is 11.9 Å². The molecule has 0 fully saturated rings. The molecular formula is C20H26BBrO4. The fourth-order valence-electron chi connectivity index (χ4n) is 1.85. The third kappa shape index (κ3) is 12.6. The second kappa shape index (κ2) is 15.5. The van der Waals surface area contributed by atoms with Gasteiger partial charge in [-0.15, -0.1) is 0 Å². The molecule has 0 saturated carbocycles. The van der Waals surface area contributed by atoms with E-state index in [1.807, 2.05) is 43.3 Å². The lowest BCUT2D eigenvalue weighted by Crippen LogP contribution is -2.08. The number of hydrogen-bond donors (Lipinski definition) is 2. The molecule has 0 aliphatic heterocycles. The van der Waals surface area contributed by atoms with Gasteiger partial charge in [-0.3, -0.25) is 9.59 Å². The Balaban J connectivity index is 0.000000378. The van der Waals surface area contributed by atoms with Gasteiger partial charge in [-0.25, -0.2) is 0 Å². The normalized spacial score (nSPS) is 9.12. The Morgan fingerprint density at radius 3 is 1.62 bits per heavy atom. The molecule has 2 N–H and O–H groups in total. The molecule has 4 nitrogen and oxygen atoms in total.